The van der Waals surface area contributed by atoms with Gasteiger partial charge in [0.15, 0.2) is 0 Å². The van der Waals surface area contributed by atoms with Crippen LogP contribution in [0.5, 0.6) is 17.2 Å². The summed E-state index contributed by atoms with van der Waals surface area (Å²) in [6.07, 6.45) is 10.3. The Hall–Kier alpha value is -3.75. The molecule has 0 spiro atoms. The van der Waals surface area contributed by atoms with Gasteiger partial charge in [-0.3, -0.25) is 0 Å². The molecule has 5 rings (SSSR count). The van der Waals surface area contributed by atoms with Gasteiger partial charge in [-0.15, -0.1) is 0 Å². The van der Waals surface area contributed by atoms with Gasteiger partial charge in [0.1, 0.15) is 23.0 Å². The lowest BCUT2D eigenvalue weighted by Crippen LogP contribution is -2.21. The highest BCUT2D eigenvalue weighted by Crippen LogP contribution is 2.58. The molecule has 0 fully saturated rings. The Morgan fingerprint density at radius 3 is 2.34 bits per heavy atom. The van der Waals surface area contributed by atoms with Crippen LogP contribution >= 0.6 is 8.60 Å². The van der Waals surface area contributed by atoms with Crippen LogP contribution in [0.3, 0.4) is 0 Å². The van der Waals surface area contributed by atoms with Crippen molar-refractivity contribution >= 4 is 20.8 Å². The highest BCUT2D eigenvalue weighted by atomic mass is 31.2. The zero-order chi connectivity index (χ0) is 31.6. The number of allylic oxidation sites excluding steroid dienone is 5. The number of benzene rings is 3. The minimum Gasteiger partial charge on any atom is -0.497 e. The Morgan fingerprint density at radius 2 is 1.64 bits per heavy atom. The van der Waals surface area contributed by atoms with Crippen molar-refractivity contribution in [1.29, 1.82) is 0 Å². The van der Waals surface area contributed by atoms with Crippen molar-refractivity contribution in [3.63, 3.8) is 0 Å². The number of methoxy groups -OCH3 is 1. The van der Waals surface area contributed by atoms with Gasteiger partial charge < -0.3 is 18.3 Å². The van der Waals surface area contributed by atoms with Crippen molar-refractivity contribution < 1.29 is 18.3 Å². The molecule has 0 saturated heterocycles. The van der Waals surface area contributed by atoms with E-state index in [1.54, 1.807) is 7.11 Å². The van der Waals surface area contributed by atoms with Crippen LogP contribution in [0.2, 0.25) is 0 Å². The highest BCUT2D eigenvalue weighted by Gasteiger charge is 2.44. The number of aryl methyl sites for hydroxylation is 1. The molecule has 230 valence electrons. The van der Waals surface area contributed by atoms with E-state index in [1.165, 1.54) is 16.7 Å². The van der Waals surface area contributed by atoms with Crippen LogP contribution in [-0.4, -0.2) is 7.11 Å². The van der Waals surface area contributed by atoms with Gasteiger partial charge in [-0.25, -0.2) is 0 Å². The molecule has 2 atom stereocenters. The van der Waals surface area contributed by atoms with Crippen molar-refractivity contribution in [2.24, 2.45) is 5.41 Å². The molecule has 0 N–H and O–H groups in total. The first-order chi connectivity index (χ1) is 20.9. The van der Waals surface area contributed by atoms with Crippen LogP contribution < -0.4 is 13.8 Å². The van der Waals surface area contributed by atoms with E-state index in [1.807, 2.05) is 61.5 Å². The highest BCUT2D eigenvalue weighted by molar-refractivity contribution is 7.42. The second-order valence-electron chi connectivity index (χ2n) is 13.3. The molecule has 2 unspecified atom stereocenters. The molecule has 2 aliphatic rings. The molecule has 44 heavy (non-hydrogen) atoms. The molecule has 4 nitrogen and oxygen atoms in total. The van der Waals surface area contributed by atoms with E-state index in [2.05, 4.69) is 78.5 Å². The van der Waals surface area contributed by atoms with Crippen molar-refractivity contribution in [1.82, 2.24) is 0 Å². The van der Waals surface area contributed by atoms with E-state index >= 15 is 0 Å². The summed E-state index contributed by atoms with van der Waals surface area (Å²) in [7, 11) is -0.168. The lowest BCUT2D eigenvalue weighted by Gasteiger charge is -2.34. The Morgan fingerprint density at radius 1 is 0.932 bits per heavy atom. The van der Waals surface area contributed by atoms with Gasteiger partial charge >= 0.3 is 8.60 Å². The third-order valence-corrected chi connectivity index (χ3v) is 9.90. The number of hydrogen-bond acceptors (Lipinski definition) is 4. The predicted octanol–water partition coefficient (Wildman–Crippen LogP) is 11.5. The second-order valence-corrected chi connectivity index (χ2v) is 14.3. The number of rotatable bonds is 7. The minimum absolute atomic E-state index is 0.0450. The van der Waals surface area contributed by atoms with Gasteiger partial charge in [0.25, 0.3) is 0 Å². The van der Waals surface area contributed by atoms with E-state index in [-0.39, 0.29) is 10.8 Å². The third-order valence-electron chi connectivity index (χ3n) is 8.79. The first-order valence-corrected chi connectivity index (χ1v) is 16.4. The van der Waals surface area contributed by atoms with Crippen LogP contribution in [0, 0.1) is 12.3 Å². The Balaban J connectivity index is 1.59. The minimum atomic E-state index is -1.84. The van der Waals surface area contributed by atoms with Gasteiger partial charge in [-0.2, -0.15) is 0 Å². The van der Waals surface area contributed by atoms with Crippen LogP contribution in [0.25, 0.3) is 12.2 Å². The van der Waals surface area contributed by atoms with Crippen molar-refractivity contribution in [2.45, 2.75) is 72.6 Å². The second kappa shape index (κ2) is 12.7. The summed E-state index contributed by atoms with van der Waals surface area (Å²) in [6, 6.07) is 20.5. The predicted molar refractivity (Wildman–Crippen MR) is 184 cm³/mol. The van der Waals surface area contributed by atoms with Crippen molar-refractivity contribution in [3.05, 3.63) is 124 Å². The van der Waals surface area contributed by atoms with Crippen LogP contribution in [-0.2, 0) is 9.94 Å². The van der Waals surface area contributed by atoms with E-state index in [4.69, 9.17) is 18.3 Å². The third kappa shape index (κ3) is 6.81. The van der Waals surface area contributed by atoms with Crippen molar-refractivity contribution in [2.75, 3.05) is 7.11 Å². The largest absolute Gasteiger partial charge is 0.529 e. The molecule has 0 saturated carbocycles. The molecular formula is C39H45O4P. The Kier molecular flexibility index (Phi) is 9.14. The van der Waals surface area contributed by atoms with Crippen molar-refractivity contribution in [3.8, 4) is 17.2 Å². The average molecular weight is 609 g/mol. The lowest BCUT2D eigenvalue weighted by atomic mass is 9.73. The summed E-state index contributed by atoms with van der Waals surface area (Å²) in [5.74, 6) is 3.56. The van der Waals surface area contributed by atoms with Gasteiger partial charge in [-0.1, -0.05) is 101 Å². The summed E-state index contributed by atoms with van der Waals surface area (Å²) in [5, 5.41) is 0. The molecule has 0 radical (unpaired) electrons. The number of hydrogen-bond donors (Lipinski definition) is 0. The molecular weight excluding hydrogens is 563 g/mol. The Bertz CT molecular complexity index is 1620. The lowest BCUT2D eigenvalue weighted by molar-refractivity contribution is 0.292. The van der Waals surface area contributed by atoms with Gasteiger partial charge in [0.05, 0.1) is 7.11 Å². The molecule has 1 heterocycles. The molecule has 0 bridgehead atoms. The fraction of sp³-hybridized carbons (Fsp3) is 0.333. The molecule has 5 heteroatoms. The molecule has 3 aromatic carbocycles. The van der Waals surface area contributed by atoms with Gasteiger partial charge in [-0.05, 0) is 96.9 Å². The van der Waals surface area contributed by atoms with E-state index < -0.39 is 8.60 Å². The quantitative estimate of drug-likeness (QED) is 0.152. The standard InChI is InChI=1S/C39H45O4P/c1-10-26(2)21-33-28(4)41-44(42-35-14-12-11-13-30(35)18-15-29-16-19-32(40-9)20-17-29)43-36-23-27(3)22-34-37(36)31(24-38(33,5)6)25-39(34,7)8/h10-23,31H,1,24-25H2,2-9H3/b18-15+,26-21-,33-28+. The molecule has 0 amide bonds. The smallest absolute Gasteiger partial charge is 0.497 e. The zero-order valence-electron chi connectivity index (χ0n) is 27.4. The maximum absolute atomic E-state index is 6.81. The summed E-state index contributed by atoms with van der Waals surface area (Å²) >= 11 is 0. The van der Waals surface area contributed by atoms with E-state index in [0.29, 0.717) is 11.7 Å². The molecule has 1 aliphatic heterocycles. The number of ether oxygens (including phenoxy) is 1. The van der Waals surface area contributed by atoms with Crippen LogP contribution in [0.4, 0.5) is 0 Å². The first-order valence-electron chi connectivity index (χ1n) is 15.3. The first kappa shape index (κ1) is 31.7. The van der Waals surface area contributed by atoms with E-state index in [0.717, 1.165) is 52.4 Å². The molecule has 0 aromatic heterocycles. The van der Waals surface area contributed by atoms with E-state index in [9.17, 15) is 0 Å². The molecule has 3 aromatic rings. The van der Waals surface area contributed by atoms with Gasteiger partial charge in [0.2, 0.25) is 0 Å². The zero-order valence-corrected chi connectivity index (χ0v) is 28.3. The normalized spacial score (nSPS) is 22.5. The Labute approximate surface area is 265 Å². The fourth-order valence-electron chi connectivity index (χ4n) is 6.59. The summed E-state index contributed by atoms with van der Waals surface area (Å²) in [6.45, 7) is 19.6. The maximum Gasteiger partial charge on any atom is 0.529 e. The summed E-state index contributed by atoms with van der Waals surface area (Å²) < 4.78 is 25.5. The average Bonchev–Trinajstić information content (AvgIpc) is 3.23. The summed E-state index contributed by atoms with van der Waals surface area (Å²) in [4.78, 5) is 0. The maximum atomic E-state index is 6.81. The molecule has 1 aliphatic carbocycles. The fourth-order valence-corrected chi connectivity index (χ4v) is 7.66. The topological polar surface area (TPSA) is 36.9 Å². The van der Waals surface area contributed by atoms with Crippen LogP contribution in [0.1, 0.15) is 88.1 Å². The van der Waals surface area contributed by atoms with Gasteiger partial charge in [0, 0.05) is 11.1 Å². The SMILES string of the molecule is C=C/C(C)=C\C1=C(\C)OP(Oc2ccccc2/C=C/c2ccc(OC)cc2)Oc2cc(C)cc3c2C(CC1(C)C)CC3(C)C. The number of para-hydroxylation sites is 1. The van der Waals surface area contributed by atoms with Crippen LogP contribution in [0.15, 0.2) is 96.3 Å². The monoisotopic (exact) mass is 608 g/mol. The summed E-state index contributed by atoms with van der Waals surface area (Å²) in [5.41, 5.74) is 7.97.